The van der Waals surface area contributed by atoms with Crippen LogP contribution in [0.4, 0.5) is 0 Å². The molecule has 0 spiro atoms. The number of hydroxylamine groups is 1. The quantitative estimate of drug-likeness (QED) is 0.714. The van der Waals surface area contributed by atoms with Gasteiger partial charge in [-0.3, -0.25) is 4.79 Å². The van der Waals surface area contributed by atoms with Crippen LogP contribution in [0.1, 0.15) is 26.2 Å². The average molecular weight is 264 g/mol. The van der Waals surface area contributed by atoms with E-state index in [1.54, 1.807) is 0 Å². The Morgan fingerprint density at radius 1 is 1.41 bits per heavy atom. The molecule has 1 fully saturated rings. The molecule has 1 saturated heterocycles. The molecule has 1 aliphatic rings. The third kappa shape index (κ3) is 5.01. The number of carbonyl (C=O) groups is 1. The molecule has 0 bridgehead atoms. The van der Waals surface area contributed by atoms with E-state index in [9.17, 15) is 13.2 Å². The van der Waals surface area contributed by atoms with E-state index < -0.39 is 16.0 Å². The van der Waals surface area contributed by atoms with Crippen molar-refractivity contribution < 1.29 is 18.0 Å². The van der Waals surface area contributed by atoms with Crippen LogP contribution >= 0.6 is 0 Å². The molecule has 6 nitrogen and oxygen atoms in total. The topological polar surface area (TPSA) is 75.7 Å². The van der Waals surface area contributed by atoms with Gasteiger partial charge in [-0.25, -0.2) is 8.42 Å². The molecule has 1 aliphatic heterocycles. The SMILES string of the molecule is CC(=O)ON(C)S(=O)(=O)CCC1CCNCC1. The minimum atomic E-state index is -3.48. The lowest BCUT2D eigenvalue weighted by Gasteiger charge is -2.23. The molecule has 0 aliphatic carbocycles. The van der Waals surface area contributed by atoms with Gasteiger partial charge in [0.1, 0.15) is 0 Å². The fourth-order valence-corrected chi connectivity index (χ4v) is 2.96. The van der Waals surface area contributed by atoms with E-state index in [1.807, 2.05) is 0 Å². The second-order valence-electron chi connectivity index (χ2n) is 4.29. The maximum atomic E-state index is 11.7. The molecule has 0 radical (unpaired) electrons. The molecular formula is C10H20N2O4S. The van der Waals surface area contributed by atoms with Crippen LogP contribution in [-0.4, -0.2) is 44.7 Å². The second kappa shape index (κ2) is 6.32. The largest absolute Gasteiger partial charge is 0.354 e. The van der Waals surface area contributed by atoms with Gasteiger partial charge in [-0.2, -0.15) is 0 Å². The molecule has 17 heavy (non-hydrogen) atoms. The fourth-order valence-electron chi connectivity index (χ4n) is 1.85. The molecule has 1 rings (SSSR count). The number of hydrogen-bond acceptors (Lipinski definition) is 5. The molecular weight excluding hydrogens is 244 g/mol. The first-order chi connectivity index (χ1) is 7.92. The first kappa shape index (κ1) is 14.4. The molecule has 0 atom stereocenters. The molecule has 1 N–H and O–H groups in total. The van der Waals surface area contributed by atoms with Crippen molar-refractivity contribution >= 4 is 16.0 Å². The van der Waals surface area contributed by atoms with Crippen molar-refractivity contribution in [3.63, 3.8) is 0 Å². The minimum Gasteiger partial charge on any atom is -0.354 e. The van der Waals surface area contributed by atoms with Gasteiger partial charge in [0.05, 0.1) is 5.75 Å². The van der Waals surface area contributed by atoms with E-state index in [1.165, 1.54) is 14.0 Å². The summed E-state index contributed by atoms with van der Waals surface area (Å²) in [5.74, 6) is -0.156. The zero-order valence-corrected chi connectivity index (χ0v) is 11.1. The van der Waals surface area contributed by atoms with Gasteiger partial charge in [0.2, 0.25) is 10.0 Å². The summed E-state index contributed by atoms with van der Waals surface area (Å²) in [6, 6.07) is 0. The maximum absolute atomic E-state index is 11.7. The van der Waals surface area contributed by atoms with Crippen molar-refractivity contribution in [1.82, 2.24) is 9.79 Å². The average Bonchev–Trinajstić information content (AvgIpc) is 2.27. The van der Waals surface area contributed by atoms with Crippen LogP contribution in [0.3, 0.4) is 0 Å². The Morgan fingerprint density at radius 2 is 2.00 bits per heavy atom. The standard InChI is InChI=1S/C10H20N2O4S/c1-9(13)16-12(2)17(14,15)8-5-10-3-6-11-7-4-10/h10-11H,3-8H2,1-2H3. The molecule has 0 unspecified atom stereocenters. The summed E-state index contributed by atoms with van der Waals surface area (Å²) in [5, 5.41) is 3.23. The lowest BCUT2D eigenvalue weighted by molar-refractivity contribution is -0.162. The Labute approximate surface area is 102 Å². The van der Waals surface area contributed by atoms with Crippen LogP contribution in [0.5, 0.6) is 0 Å². The molecule has 0 aromatic carbocycles. The number of nitrogens with zero attached hydrogens (tertiary/aromatic N) is 1. The predicted molar refractivity (Wildman–Crippen MR) is 63.5 cm³/mol. The summed E-state index contributed by atoms with van der Waals surface area (Å²) < 4.78 is 24.1. The molecule has 100 valence electrons. The van der Waals surface area contributed by atoms with Gasteiger partial charge < -0.3 is 10.2 Å². The van der Waals surface area contributed by atoms with E-state index >= 15 is 0 Å². The van der Waals surface area contributed by atoms with Crippen LogP contribution in [0, 0.1) is 5.92 Å². The smallest absolute Gasteiger partial charge is 0.323 e. The summed E-state index contributed by atoms with van der Waals surface area (Å²) in [6.45, 7) is 3.08. The van der Waals surface area contributed by atoms with Gasteiger partial charge in [0.15, 0.2) is 0 Å². The number of rotatable bonds is 5. The Bertz CT molecular complexity index is 349. The van der Waals surface area contributed by atoms with Crippen LogP contribution in [0.25, 0.3) is 0 Å². The van der Waals surface area contributed by atoms with E-state index in [4.69, 9.17) is 0 Å². The van der Waals surface area contributed by atoms with Crippen molar-refractivity contribution in [2.24, 2.45) is 5.92 Å². The highest BCUT2D eigenvalue weighted by Gasteiger charge is 2.23. The third-order valence-corrected chi connectivity index (χ3v) is 4.50. The number of piperidine rings is 1. The second-order valence-corrected chi connectivity index (χ2v) is 6.38. The Balaban J connectivity index is 2.40. The Kier molecular flexibility index (Phi) is 5.35. The van der Waals surface area contributed by atoms with Gasteiger partial charge in [0, 0.05) is 14.0 Å². The number of carbonyl (C=O) groups excluding carboxylic acids is 1. The highest BCUT2D eigenvalue weighted by Crippen LogP contribution is 2.17. The summed E-state index contributed by atoms with van der Waals surface area (Å²) in [4.78, 5) is 15.2. The van der Waals surface area contributed by atoms with Gasteiger partial charge >= 0.3 is 5.97 Å². The molecule has 7 heteroatoms. The van der Waals surface area contributed by atoms with E-state index in [2.05, 4.69) is 10.2 Å². The first-order valence-corrected chi connectivity index (χ1v) is 7.38. The van der Waals surface area contributed by atoms with Gasteiger partial charge in [0.25, 0.3) is 0 Å². The van der Waals surface area contributed by atoms with E-state index in [0.29, 0.717) is 16.8 Å². The number of nitrogens with one attached hydrogen (secondary N) is 1. The van der Waals surface area contributed by atoms with Crippen LogP contribution in [-0.2, 0) is 19.7 Å². The molecule has 0 amide bonds. The summed E-state index contributed by atoms with van der Waals surface area (Å²) in [6.07, 6.45) is 2.63. The zero-order chi connectivity index (χ0) is 12.9. The van der Waals surface area contributed by atoms with Crippen molar-refractivity contribution in [3.05, 3.63) is 0 Å². The highest BCUT2D eigenvalue weighted by molar-refractivity contribution is 7.88. The minimum absolute atomic E-state index is 0.0292. The van der Waals surface area contributed by atoms with E-state index in [0.717, 1.165) is 25.9 Å². The lowest BCUT2D eigenvalue weighted by Crippen LogP contribution is -2.33. The van der Waals surface area contributed by atoms with Gasteiger partial charge in [-0.15, -0.1) is 0 Å². The molecule has 0 aromatic heterocycles. The maximum Gasteiger partial charge on any atom is 0.323 e. The zero-order valence-electron chi connectivity index (χ0n) is 10.3. The van der Waals surface area contributed by atoms with Crippen LogP contribution in [0.15, 0.2) is 0 Å². The predicted octanol–water partition coefficient (Wildman–Crippen LogP) is 0.116. The molecule has 0 aromatic rings. The summed E-state index contributed by atoms with van der Waals surface area (Å²) >= 11 is 0. The van der Waals surface area contributed by atoms with Gasteiger partial charge in [-0.05, 0) is 42.7 Å². The van der Waals surface area contributed by atoms with Gasteiger partial charge in [-0.1, -0.05) is 0 Å². The highest BCUT2D eigenvalue weighted by atomic mass is 32.2. The number of hydrogen-bond donors (Lipinski definition) is 1. The van der Waals surface area contributed by atoms with Crippen molar-refractivity contribution in [2.45, 2.75) is 26.2 Å². The first-order valence-electron chi connectivity index (χ1n) is 5.77. The Morgan fingerprint density at radius 3 is 2.53 bits per heavy atom. The summed E-state index contributed by atoms with van der Waals surface area (Å²) in [7, 11) is -2.24. The molecule has 0 saturated carbocycles. The van der Waals surface area contributed by atoms with Crippen LogP contribution in [0.2, 0.25) is 0 Å². The lowest BCUT2D eigenvalue weighted by atomic mass is 9.96. The van der Waals surface area contributed by atoms with Crippen LogP contribution < -0.4 is 5.32 Å². The normalized spacial score (nSPS) is 18.3. The Hall–Kier alpha value is -0.660. The third-order valence-electron chi connectivity index (χ3n) is 2.89. The molecule has 1 heterocycles. The monoisotopic (exact) mass is 264 g/mol. The summed E-state index contributed by atoms with van der Waals surface area (Å²) in [5.41, 5.74) is 0. The number of sulfonamides is 1. The fraction of sp³-hybridized carbons (Fsp3) is 0.900. The van der Waals surface area contributed by atoms with Crippen molar-refractivity contribution in [1.29, 1.82) is 0 Å². The van der Waals surface area contributed by atoms with Crippen molar-refractivity contribution in [3.8, 4) is 0 Å². The van der Waals surface area contributed by atoms with Crippen molar-refractivity contribution in [2.75, 3.05) is 25.9 Å². The van der Waals surface area contributed by atoms with E-state index in [-0.39, 0.29) is 5.75 Å².